The maximum atomic E-state index is 11.8. The molecular formula is C12H22NO3P. The zero-order valence-electron chi connectivity index (χ0n) is 11.0. The van der Waals surface area contributed by atoms with Crippen molar-refractivity contribution in [1.29, 1.82) is 0 Å². The molecule has 0 bridgehead atoms. The molecule has 0 aromatic rings. The van der Waals surface area contributed by atoms with E-state index in [-0.39, 0.29) is 11.8 Å². The number of aliphatic hydroxyl groups is 1. The van der Waals surface area contributed by atoms with Gasteiger partial charge in [-0.15, -0.1) is 0 Å². The normalized spacial score (nSPS) is 21.8. The fraction of sp³-hybridized carbons (Fsp3) is 0.750. The van der Waals surface area contributed by atoms with Gasteiger partial charge in [-0.3, -0.25) is 0 Å². The third kappa shape index (κ3) is 3.68. The van der Waals surface area contributed by atoms with Crippen molar-refractivity contribution in [3.63, 3.8) is 0 Å². The van der Waals surface area contributed by atoms with E-state index in [0.29, 0.717) is 20.9 Å². The molecule has 5 heteroatoms. The standard InChI is InChI=1S/C12H22NO3P/c1-5-7-8-13-9(11(14)16-6-2)10(17-8)12(3,4)15/h8,13,15,17H,5-7H2,1-4H3. The number of hydrogen-bond acceptors (Lipinski definition) is 4. The van der Waals surface area contributed by atoms with Crippen LogP contribution < -0.4 is 5.32 Å². The number of esters is 1. The van der Waals surface area contributed by atoms with E-state index < -0.39 is 5.60 Å². The van der Waals surface area contributed by atoms with Crippen LogP contribution >= 0.6 is 8.58 Å². The Morgan fingerprint density at radius 3 is 2.65 bits per heavy atom. The average molecular weight is 259 g/mol. The summed E-state index contributed by atoms with van der Waals surface area (Å²) in [5.41, 5.74) is -0.494. The zero-order valence-corrected chi connectivity index (χ0v) is 12.0. The van der Waals surface area contributed by atoms with Gasteiger partial charge < -0.3 is 15.2 Å². The van der Waals surface area contributed by atoms with Gasteiger partial charge in [0.1, 0.15) is 5.70 Å². The first-order valence-electron chi connectivity index (χ1n) is 6.07. The van der Waals surface area contributed by atoms with Crippen LogP contribution in [0.15, 0.2) is 11.0 Å². The van der Waals surface area contributed by atoms with Gasteiger partial charge in [0, 0.05) is 11.1 Å². The van der Waals surface area contributed by atoms with Crippen LogP contribution in [0.5, 0.6) is 0 Å². The number of carbonyl (C=O) groups excluding carboxylic acids is 1. The lowest BCUT2D eigenvalue weighted by molar-refractivity contribution is -0.139. The highest BCUT2D eigenvalue weighted by atomic mass is 31.1. The zero-order chi connectivity index (χ0) is 13.1. The third-order valence-electron chi connectivity index (χ3n) is 2.56. The molecule has 2 unspecified atom stereocenters. The van der Waals surface area contributed by atoms with E-state index in [4.69, 9.17) is 4.74 Å². The molecule has 2 atom stereocenters. The second kappa shape index (κ2) is 5.83. The lowest BCUT2D eigenvalue weighted by Crippen LogP contribution is -2.27. The molecule has 0 aromatic heterocycles. The summed E-state index contributed by atoms with van der Waals surface area (Å²) in [6.07, 6.45) is 2.06. The Morgan fingerprint density at radius 2 is 2.18 bits per heavy atom. The van der Waals surface area contributed by atoms with Crippen LogP contribution in [0.3, 0.4) is 0 Å². The van der Waals surface area contributed by atoms with Crippen molar-refractivity contribution in [2.24, 2.45) is 0 Å². The third-order valence-corrected chi connectivity index (χ3v) is 4.49. The predicted molar refractivity (Wildman–Crippen MR) is 70.1 cm³/mol. The van der Waals surface area contributed by atoms with Gasteiger partial charge >= 0.3 is 5.97 Å². The number of carbonyl (C=O) groups is 1. The average Bonchev–Trinajstić information content (AvgIpc) is 2.62. The lowest BCUT2D eigenvalue weighted by atomic mass is 10.1. The summed E-state index contributed by atoms with van der Waals surface area (Å²) in [7, 11) is 0.444. The molecule has 17 heavy (non-hydrogen) atoms. The Kier molecular flexibility index (Phi) is 4.96. The lowest BCUT2D eigenvalue weighted by Gasteiger charge is -2.19. The fourth-order valence-corrected chi connectivity index (χ4v) is 3.48. The highest BCUT2D eigenvalue weighted by Crippen LogP contribution is 2.44. The maximum Gasteiger partial charge on any atom is 0.354 e. The van der Waals surface area contributed by atoms with Gasteiger partial charge in [-0.25, -0.2) is 4.79 Å². The molecule has 1 aliphatic heterocycles. The number of hydrogen-bond donors (Lipinski definition) is 2. The van der Waals surface area contributed by atoms with Crippen LogP contribution in [0.4, 0.5) is 0 Å². The predicted octanol–water partition coefficient (Wildman–Crippen LogP) is 1.94. The second-order valence-corrected chi connectivity index (χ2v) is 6.15. The molecule has 0 spiro atoms. The molecule has 0 aliphatic carbocycles. The van der Waals surface area contributed by atoms with E-state index in [1.807, 2.05) is 0 Å². The van der Waals surface area contributed by atoms with E-state index in [1.54, 1.807) is 20.8 Å². The molecule has 0 fully saturated rings. The first-order valence-corrected chi connectivity index (χ1v) is 7.15. The summed E-state index contributed by atoms with van der Waals surface area (Å²) in [4.78, 5) is 11.8. The van der Waals surface area contributed by atoms with Gasteiger partial charge in [-0.05, 0) is 27.2 Å². The summed E-state index contributed by atoms with van der Waals surface area (Å²) in [5.74, 6) is -0.0865. The van der Waals surface area contributed by atoms with Gasteiger partial charge in [0.05, 0.1) is 12.2 Å². The van der Waals surface area contributed by atoms with Crippen molar-refractivity contribution in [2.45, 2.75) is 51.9 Å². The maximum absolute atomic E-state index is 11.8. The van der Waals surface area contributed by atoms with Crippen LogP contribution in [0.1, 0.15) is 40.5 Å². The van der Waals surface area contributed by atoms with Crippen LogP contribution in [-0.4, -0.2) is 29.1 Å². The topological polar surface area (TPSA) is 58.6 Å². The summed E-state index contributed by atoms with van der Waals surface area (Å²) in [6, 6.07) is 0. The number of ether oxygens (including phenoxy) is 1. The van der Waals surface area contributed by atoms with Crippen LogP contribution in [0, 0.1) is 0 Å². The highest BCUT2D eigenvalue weighted by molar-refractivity contribution is 7.44. The minimum Gasteiger partial charge on any atom is -0.461 e. The van der Waals surface area contributed by atoms with Crippen molar-refractivity contribution in [3.05, 3.63) is 11.0 Å². The number of nitrogens with one attached hydrogen (secondary N) is 1. The Hall–Kier alpha value is -0.600. The van der Waals surface area contributed by atoms with Crippen molar-refractivity contribution in [3.8, 4) is 0 Å². The second-order valence-electron chi connectivity index (χ2n) is 4.66. The molecular weight excluding hydrogens is 237 g/mol. The van der Waals surface area contributed by atoms with Crippen molar-refractivity contribution in [2.75, 3.05) is 6.61 Å². The quantitative estimate of drug-likeness (QED) is 0.585. The Morgan fingerprint density at radius 1 is 1.53 bits per heavy atom. The van der Waals surface area contributed by atoms with Crippen molar-refractivity contribution >= 4 is 14.6 Å². The van der Waals surface area contributed by atoms with Crippen LogP contribution in [0.2, 0.25) is 0 Å². The summed E-state index contributed by atoms with van der Waals surface area (Å²) < 4.78 is 5.01. The van der Waals surface area contributed by atoms with E-state index in [9.17, 15) is 9.90 Å². The molecule has 1 aliphatic rings. The minimum atomic E-state index is -0.962. The monoisotopic (exact) mass is 259 g/mol. The van der Waals surface area contributed by atoms with Gasteiger partial charge in [-0.1, -0.05) is 21.9 Å². The SMILES string of the molecule is CCCC1NC(C(=O)OCC)=C(C(C)(C)O)P1. The van der Waals surface area contributed by atoms with Crippen molar-refractivity contribution in [1.82, 2.24) is 5.32 Å². The molecule has 0 amide bonds. The van der Waals surface area contributed by atoms with E-state index >= 15 is 0 Å². The summed E-state index contributed by atoms with van der Waals surface area (Å²) in [5, 5.41) is 14.1. The van der Waals surface area contributed by atoms with Gasteiger partial charge in [0.2, 0.25) is 0 Å². The molecule has 98 valence electrons. The summed E-state index contributed by atoms with van der Waals surface area (Å²) in [6.45, 7) is 7.67. The van der Waals surface area contributed by atoms with Crippen LogP contribution in [0.25, 0.3) is 0 Å². The molecule has 1 rings (SSSR count). The molecule has 1 heterocycles. The smallest absolute Gasteiger partial charge is 0.354 e. The van der Waals surface area contributed by atoms with E-state index in [0.717, 1.165) is 18.2 Å². The molecule has 0 aromatic carbocycles. The van der Waals surface area contributed by atoms with Crippen LogP contribution in [-0.2, 0) is 9.53 Å². The molecule has 2 N–H and O–H groups in total. The van der Waals surface area contributed by atoms with E-state index in [2.05, 4.69) is 12.2 Å². The fourth-order valence-electron chi connectivity index (χ4n) is 1.81. The van der Waals surface area contributed by atoms with Gasteiger partial charge in [0.15, 0.2) is 0 Å². The number of rotatable bonds is 5. The Balaban J connectivity index is 2.88. The molecule has 0 saturated heterocycles. The van der Waals surface area contributed by atoms with E-state index in [1.165, 1.54) is 0 Å². The Labute approximate surface area is 105 Å². The molecule has 0 saturated carbocycles. The first kappa shape index (κ1) is 14.5. The van der Waals surface area contributed by atoms with Gasteiger partial charge in [0.25, 0.3) is 0 Å². The minimum absolute atomic E-state index is 0.265. The van der Waals surface area contributed by atoms with Gasteiger partial charge in [-0.2, -0.15) is 0 Å². The van der Waals surface area contributed by atoms with Crippen molar-refractivity contribution < 1.29 is 14.6 Å². The molecule has 0 radical (unpaired) electrons. The highest BCUT2D eigenvalue weighted by Gasteiger charge is 2.35. The molecule has 4 nitrogen and oxygen atoms in total. The summed E-state index contributed by atoms with van der Waals surface area (Å²) >= 11 is 0. The first-order chi connectivity index (χ1) is 7.90. The Bertz CT molecular complexity index is 320. The largest absolute Gasteiger partial charge is 0.461 e.